The first-order valence-corrected chi connectivity index (χ1v) is 4.92. The van der Waals surface area contributed by atoms with Crippen molar-refractivity contribution in [2.75, 3.05) is 0 Å². The van der Waals surface area contributed by atoms with Gasteiger partial charge in [0.2, 0.25) is 0 Å². The Morgan fingerprint density at radius 2 is 2.36 bits per heavy atom. The molecule has 0 bridgehead atoms. The Bertz CT molecular complexity index is 318. The standard InChI is InChI=1S/C10H16N2O2/c1-3-5-11-7-8-12(9(11)2)6-4-10(13)14/h7-8H,3-6H2,1-2H3/p+1. The summed E-state index contributed by atoms with van der Waals surface area (Å²) in [6.45, 7) is 5.68. The topological polar surface area (TPSA) is 46.1 Å². The van der Waals surface area contributed by atoms with E-state index >= 15 is 0 Å². The van der Waals surface area contributed by atoms with Gasteiger partial charge in [0.25, 0.3) is 5.82 Å². The number of aromatic nitrogens is 2. The van der Waals surface area contributed by atoms with Crippen molar-refractivity contribution in [3.63, 3.8) is 0 Å². The highest BCUT2D eigenvalue weighted by Crippen LogP contribution is 1.96. The number of imidazole rings is 1. The summed E-state index contributed by atoms with van der Waals surface area (Å²) in [5, 5.41) is 8.56. The Balaban J connectivity index is 2.64. The maximum Gasteiger partial charge on any atom is 0.307 e. The molecule has 1 aromatic rings. The second-order valence-corrected chi connectivity index (χ2v) is 3.38. The van der Waals surface area contributed by atoms with Crippen LogP contribution in [0.15, 0.2) is 12.4 Å². The van der Waals surface area contributed by atoms with E-state index in [2.05, 4.69) is 11.5 Å². The lowest BCUT2D eigenvalue weighted by atomic mass is 10.4. The number of nitrogens with zero attached hydrogens (tertiary/aromatic N) is 2. The van der Waals surface area contributed by atoms with E-state index in [-0.39, 0.29) is 6.42 Å². The molecule has 4 nitrogen and oxygen atoms in total. The molecule has 0 spiro atoms. The summed E-state index contributed by atoms with van der Waals surface area (Å²) in [6.07, 6.45) is 5.21. The lowest BCUT2D eigenvalue weighted by Crippen LogP contribution is -2.35. The van der Waals surface area contributed by atoms with E-state index in [9.17, 15) is 4.79 Å². The Morgan fingerprint density at radius 1 is 1.64 bits per heavy atom. The van der Waals surface area contributed by atoms with Gasteiger partial charge in [0.1, 0.15) is 18.9 Å². The Kier molecular flexibility index (Phi) is 3.68. The van der Waals surface area contributed by atoms with E-state index in [1.807, 2.05) is 23.9 Å². The number of hydrogen-bond donors (Lipinski definition) is 1. The predicted octanol–water partition coefficient (Wildman–Crippen LogP) is 0.969. The van der Waals surface area contributed by atoms with E-state index in [0.29, 0.717) is 6.54 Å². The van der Waals surface area contributed by atoms with E-state index in [0.717, 1.165) is 18.8 Å². The summed E-state index contributed by atoms with van der Waals surface area (Å²) in [6, 6.07) is 0. The quantitative estimate of drug-likeness (QED) is 0.715. The molecule has 1 N–H and O–H groups in total. The number of aryl methyl sites for hydroxylation is 2. The van der Waals surface area contributed by atoms with Crippen LogP contribution in [-0.4, -0.2) is 15.6 Å². The number of aliphatic carboxylic acids is 1. The van der Waals surface area contributed by atoms with Gasteiger partial charge in [-0.3, -0.25) is 4.79 Å². The molecule has 0 radical (unpaired) electrons. The molecule has 0 saturated heterocycles. The molecule has 0 saturated carbocycles. The molecule has 0 aliphatic rings. The zero-order valence-electron chi connectivity index (χ0n) is 8.73. The maximum absolute atomic E-state index is 10.4. The summed E-state index contributed by atoms with van der Waals surface area (Å²) >= 11 is 0. The van der Waals surface area contributed by atoms with Gasteiger partial charge in [-0.05, 0) is 6.42 Å². The van der Waals surface area contributed by atoms with Gasteiger partial charge in [0.15, 0.2) is 0 Å². The minimum Gasteiger partial charge on any atom is -0.481 e. The van der Waals surface area contributed by atoms with Crippen molar-refractivity contribution < 1.29 is 14.5 Å². The van der Waals surface area contributed by atoms with Crippen molar-refractivity contribution in [3.05, 3.63) is 18.2 Å². The number of carboxylic acids is 1. The Morgan fingerprint density at radius 3 is 2.93 bits per heavy atom. The molecular weight excluding hydrogens is 180 g/mol. The fraction of sp³-hybridized carbons (Fsp3) is 0.600. The zero-order valence-corrected chi connectivity index (χ0v) is 8.73. The Hall–Kier alpha value is -1.32. The lowest BCUT2D eigenvalue weighted by Gasteiger charge is -1.98. The second kappa shape index (κ2) is 4.79. The molecule has 78 valence electrons. The first kappa shape index (κ1) is 10.8. The molecule has 0 aliphatic carbocycles. The minimum atomic E-state index is -0.750. The van der Waals surface area contributed by atoms with Gasteiger partial charge in [-0.1, -0.05) is 6.92 Å². The third kappa shape index (κ3) is 2.58. The third-order valence-corrected chi connectivity index (χ3v) is 2.29. The van der Waals surface area contributed by atoms with Crippen LogP contribution < -0.4 is 4.57 Å². The van der Waals surface area contributed by atoms with E-state index in [4.69, 9.17) is 5.11 Å². The molecular formula is C10H17N2O2+. The smallest absolute Gasteiger partial charge is 0.307 e. The second-order valence-electron chi connectivity index (χ2n) is 3.38. The molecule has 0 aliphatic heterocycles. The molecule has 1 aromatic heterocycles. The molecule has 4 heteroatoms. The average molecular weight is 197 g/mol. The first-order chi connectivity index (χ1) is 6.65. The molecule has 1 heterocycles. The van der Waals surface area contributed by atoms with Crippen LogP contribution in [0.1, 0.15) is 25.6 Å². The van der Waals surface area contributed by atoms with E-state index in [1.165, 1.54) is 0 Å². The molecule has 0 aromatic carbocycles. The first-order valence-electron chi connectivity index (χ1n) is 4.92. The van der Waals surface area contributed by atoms with Gasteiger partial charge in [-0.25, -0.2) is 9.13 Å². The number of rotatable bonds is 5. The maximum atomic E-state index is 10.4. The highest BCUT2D eigenvalue weighted by Gasteiger charge is 2.11. The van der Waals surface area contributed by atoms with Crippen LogP contribution in [0, 0.1) is 6.92 Å². The lowest BCUT2D eigenvalue weighted by molar-refractivity contribution is -0.702. The van der Waals surface area contributed by atoms with Crippen LogP contribution in [0.3, 0.4) is 0 Å². The largest absolute Gasteiger partial charge is 0.481 e. The van der Waals surface area contributed by atoms with Crippen molar-refractivity contribution in [1.82, 2.24) is 4.57 Å². The van der Waals surface area contributed by atoms with E-state index in [1.54, 1.807) is 0 Å². The van der Waals surface area contributed by atoms with E-state index < -0.39 is 5.97 Å². The third-order valence-electron chi connectivity index (χ3n) is 2.29. The molecule has 1 rings (SSSR count). The summed E-state index contributed by atoms with van der Waals surface area (Å²) in [4.78, 5) is 10.4. The van der Waals surface area contributed by atoms with Gasteiger partial charge in [0.05, 0.1) is 13.0 Å². The predicted molar refractivity (Wildman–Crippen MR) is 51.9 cm³/mol. The highest BCUT2D eigenvalue weighted by atomic mass is 16.4. The van der Waals surface area contributed by atoms with Crippen LogP contribution in [0.2, 0.25) is 0 Å². The van der Waals surface area contributed by atoms with Crippen molar-refractivity contribution in [1.29, 1.82) is 0 Å². The van der Waals surface area contributed by atoms with Gasteiger partial charge in [-0.15, -0.1) is 0 Å². The van der Waals surface area contributed by atoms with Crippen molar-refractivity contribution in [2.24, 2.45) is 0 Å². The number of carboxylic acid groups (broad SMARTS) is 1. The van der Waals surface area contributed by atoms with Crippen molar-refractivity contribution >= 4 is 5.97 Å². The molecule has 0 unspecified atom stereocenters. The highest BCUT2D eigenvalue weighted by molar-refractivity contribution is 5.66. The summed E-state index contributed by atoms with van der Waals surface area (Å²) in [5.74, 6) is 0.369. The fourth-order valence-corrected chi connectivity index (χ4v) is 1.47. The van der Waals surface area contributed by atoms with Crippen molar-refractivity contribution in [2.45, 2.75) is 39.8 Å². The summed E-state index contributed by atoms with van der Waals surface area (Å²) in [5.41, 5.74) is 0. The normalized spacial score (nSPS) is 10.4. The Labute approximate surface area is 83.8 Å². The van der Waals surface area contributed by atoms with Crippen LogP contribution in [0.5, 0.6) is 0 Å². The van der Waals surface area contributed by atoms with Crippen LogP contribution in [0.25, 0.3) is 0 Å². The van der Waals surface area contributed by atoms with Gasteiger partial charge in [0, 0.05) is 6.92 Å². The van der Waals surface area contributed by atoms with Crippen LogP contribution in [0.4, 0.5) is 0 Å². The SMILES string of the molecule is CCC[n+]1ccn(CCC(=O)O)c1C. The molecule has 0 amide bonds. The monoisotopic (exact) mass is 197 g/mol. The average Bonchev–Trinajstić information content (AvgIpc) is 2.46. The zero-order chi connectivity index (χ0) is 10.6. The van der Waals surface area contributed by atoms with Crippen LogP contribution in [-0.2, 0) is 17.9 Å². The van der Waals surface area contributed by atoms with Crippen LogP contribution >= 0.6 is 0 Å². The number of carbonyl (C=O) groups is 1. The summed E-state index contributed by atoms with van der Waals surface area (Å²) < 4.78 is 4.12. The van der Waals surface area contributed by atoms with Gasteiger partial charge in [-0.2, -0.15) is 0 Å². The van der Waals surface area contributed by atoms with Gasteiger partial charge < -0.3 is 5.11 Å². The molecule has 0 atom stereocenters. The minimum absolute atomic E-state index is 0.182. The fourth-order valence-electron chi connectivity index (χ4n) is 1.47. The number of hydrogen-bond acceptors (Lipinski definition) is 1. The summed E-state index contributed by atoms with van der Waals surface area (Å²) in [7, 11) is 0. The molecule has 0 fully saturated rings. The molecule has 14 heavy (non-hydrogen) atoms. The van der Waals surface area contributed by atoms with Gasteiger partial charge >= 0.3 is 5.97 Å². The van der Waals surface area contributed by atoms with Crippen molar-refractivity contribution in [3.8, 4) is 0 Å².